The minimum Gasteiger partial charge on any atom is -0.368 e. The fraction of sp³-hybridized carbons (Fsp3) is 0.240. The van der Waals surface area contributed by atoms with Gasteiger partial charge in [0.05, 0.1) is 4.90 Å². The van der Waals surface area contributed by atoms with Gasteiger partial charge in [0.2, 0.25) is 0 Å². The smallest absolute Gasteiger partial charge is 0.262 e. The molecule has 3 aromatic rings. The number of sulfonamides is 1. The Morgan fingerprint density at radius 2 is 1.64 bits per heavy atom. The molecule has 0 saturated carbocycles. The first kappa shape index (κ1) is 23.1. The maximum absolute atomic E-state index is 13.2. The molecule has 0 radical (unpaired) electrons. The number of piperazine rings is 1. The van der Waals surface area contributed by atoms with Crippen LogP contribution in [0.2, 0.25) is 5.02 Å². The van der Waals surface area contributed by atoms with Crippen molar-refractivity contribution in [3.63, 3.8) is 0 Å². The van der Waals surface area contributed by atoms with E-state index in [9.17, 15) is 13.2 Å². The summed E-state index contributed by atoms with van der Waals surface area (Å²) >= 11 is 6.10. The van der Waals surface area contributed by atoms with Crippen molar-refractivity contribution in [1.82, 2.24) is 4.90 Å². The highest BCUT2D eigenvalue weighted by atomic mass is 35.5. The van der Waals surface area contributed by atoms with E-state index in [2.05, 4.69) is 9.62 Å². The summed E-state index contributed by atoms with van der Waals surface area (Å²) in [7, 11) is -3.84. The third kappa shape index (κ3) is 5.31. The van der Waals surface area contributed by atoms with Gasteiger partial charge in [-0.2, -0.15) is 0 Å². The van der Waals surface area contributed by atoms with Gasteiger partial charge in [0.15, 0.2) is 0 Å². The highest BCUT2D eigenvalue weighted by Crippen LogP contribution is 2.24. The van der Waals surface area contributed by atoms with Gasteiger partial charge in [0.25, 0.3) is 15.9 Å². The standard InChI is InChI=1S/C25H26ClN3O3S/c1-18-5-3-7-22(15-18)27-33(31,32)24-16-20(10-9-19(24)2)25(30)29-13-11-28(12-14-29)23-8-4-6-21(26)17-23/h3-10,15-17,27H,11-14H2,1-2H3. The van der Waals surface area contributed by atoms with Crippen molar-refractivity contribution in [2.45, 2.75) is 18.7 Å². The fourth-order valence-corrected chi connectivity index (χ4v) is 5.47. The number of aryl methyl sites for hydroxylation is 2. The summed E-state index contributed by atoms with van der Waals surface area (Å²) in [5, 5.41) is 0.679. The Bertz CT molecular complexity index is 1290. The van der Waals surface area contributed by atoms with Crippen LogP contribution in [0.1, 0.15) is 21.5 Å². The number of hydrogen-bond donors (Lipinski definition) is 1. The summed E-state index contributed by atoms with van der Waals surface area (Å²) in [6.07, 6.45) is 0. The topological polar surface area (TPSA) is 69.7 Å². The second-order valence-corrected chi connectivity index (χ2v) is 10.3. The normalized spacial score (nSPS) is 14.3. The van der Waals surface area contributed by atoms with E-state index in [0.29, 0.717) is 48.0 Å². The van der Waals surface area contributed by atoms with Crippen LogP contribution >= 0.6 is 11.6 Å². The average Bonchev–Trinajstić information content (AvgIpc) is 2.78. The van der Waals surface area contributed by atoms with Gasteiger partial charge >= 0.3 is 0 Å². The first-order valence-electron chi connectivity index (χ1n) is 10.7. The van der Waals surface area contributed by atoms with Crippen LogP contribution in [0.5, 0.6) is 0 Å². The Balaban J connectivity index is 1.50. The van der Waals surface area contributed by atoms with E-state index in [1.54, 1.807) is 42.2 Å². The van der Waals surface area contributed by atoms with E-state index in [1.165, 1.54) is 6.07 Å². The van der Waals surface area contributed by atoms with Crippen molar-refractivity contribution in [3.8, 4) is 0 Å². The number of anilines is 2. The SMILES string of the molecule is Cc1cccc(NS(=O)(=O)c2cc(C(=O)N3CCN(c4cccc(Cl)c4)CC3)ccc2C)c1. The van der Waals surface area contributed by atoms with Crippen LogP contribution in [0.25, 0.3) is 0 Å². The molecular formula is C25H26ClN3O3S. The Morgan fingerprint density at radius 1 is 0.909 bits per heavy atom. The molecule has 0 atom stereocenters. The lowest BCUT2D eigenvalue weighted by Gasteiger charge is -2.36. The molecule has 4 rings (SSSR count). The Hall–Kier alpha value is -3.03. The minimum atomic E-state index is -3.84. The lowest BCUT2D eigenvalue weighted by molar-refractivity contribution is 0.0746. The third-order valence-corrected chi connectivity index (χ3v) is 7.49. The highest BCUT2D eigenvalue weighted by Gasteiger charge is 2.25. The maximum Gasteiger partial charge on any atom is 0.262 e. The quantitative estimate of drug-likeness (QED) is 0.570. The number of benzene rings is 3. The van der Waals surface area contributed by atoms with E-state index in [-0.39, 0.29) is 10.8 Å². The van der Waals surface area contributed by atoms with Crippen molar-refractivity contribution >= 4 is 38.9 Å². The molecule has 172 valence electrons. The Labute approximate surface area is 199 Å². The number of halogens is 1. The Kier molecular flexibility index (Phi) is 6.63. The zero-order chi connectivity index (χ0) is 23.6. The van der Waals surface area contributed by atoms with Crippen LogP contribution in [0.4, 0.5) is 11.4 Å². The zero-order valence-corrected chi connectivity index (χ0v) is 20.2. The molecule has 6 nitrogen and oxygen atoms in total. The molecule has 0 aliphatic carbocycles. The summed E-state index contributed by atoms with van der Waals surface area (Å²) in [6.45, 7) is 6.07. The van der Waals surface area contributed by atoms with E-state index in [0.717, 1.165) is 11.3 Å². The van der Waals surface area contributed by atoms with E-state index in [4.69, 9.17) is 11.6 Å². The van der Waals surface area contributed by atoms with Crippen molar-refractivity contribution in [2.75, 3.05) is 35.8 Å². The molecule has 0 bridgehead atoms. The van der Waals surface area contributed by atoms with Gasteiger partial charge in [-0.15, -0.1) is 0 Å². The first-order valence-corrected chi connectivity index (χ1v) is 12.6. The summed E-state index contributed by atoms with van der Waals surface area (Å²) < 4.78 is 28.7. The second kappa shape index (κ2) is 9.45. The average molecular weight is 484 g/mol. The largest absolute Gasteiger partial charge is 0.368 e. The molecule has 33 heavy (non-hydrogen) atoms. The lowest BCUT2D eigenvalue weighted by atomic mass is 10.1. The predicted octanol–water partition coefficient (Wildman–Crippen LogP) is 4.72. The number of amides is 1. The van der Waals surface area contributed by atoms with Gasteiger partial charge < -0.3 is 9.80 Å². The molecule has 3 aromatic carbocycles. The number of nitrogens with zero attached hydrogens (tertiary/aromatic N) is 2. The molecule has 1 aliphatic rings. The van der Waals surface area contributed by atoms with Crippen molar-refractivity contribution in [3.05, 3.63) is 88.4 Å². The Morgan fingerprint density at radius 3 is 2.33 bits per heavy atom. The van der Waals surface area contributed by atoms with Crippen molar-refractivity contribution < 1.29 is 13.2 Å². The monoisotopic (exact) mass is 483 g/mol. The van der Waals surface area contributed by atoms with Crippen LogP contribution in [-0.4, -0.2) is 45.4 Å². The zero-order valence-electron chi connectivity index (χ0n) is 18.6. The van der Waals surface area contributed by atoms with Gasteiger partial charge in [-0.1, -0.05) is 35.9 Å². The molecule has 1 amide bonds. The van der Waals surface area contributed by atoms with Crippen LogP contribution in [0, 0.1) is 13.8 Å². The van der Waals surface area contributed by atoms with Gasteiger partial charge in [-0.05, 0) is 67.4 Å². The molecule has 0 spiro atoms. The molecule has 1 aliphatic heterocycles. The molecular weight excluding hydrogens is 458 g/mol. The van der Waals surface area contributed by atoms with Crippen LogP contribution in [-0.2, 0) is 10.0 Å². The molecule has 1 heterocycles. The predicted molar refractivity (Wildman–Crippen MR) is 133 cm³/mol. The number of nitrogens with one attached hydrogen (secondary N) is 1. The summed E-state index contributed by atoms with van der Waals surface area (Å²) in [5.41, 5.74) is 3.41. The molecule has 1 fully saturated rings. The van der Waals surface area contributed by atoms with E-state index < -0.39 is 10.0 Å². The summed E-state index contributed by atoms with van der Waals surface area (Å²) in [5.74, 6) is -0.173. The van der Waals surface area contributed by atoms with Crippen molar-refractivity contribution in [1.29, 1.82) is 0 Å². The van der Waals surface area contributed by atoms with Crippen LogP contribution in [0.3, 0.4) is 0 Å². The van der Waals surface area contributed by atoms with Gasteiger partial charge in [0, 0.05) is 48.1 Å². The molecule has 1 N–H and O–H groups in total. The number of carbonyl (C=O) groups is 1. The highest BCUT2D eigenvalue weighted by molar-refractivity contribution is 7.92. The first-order chi connectivity index (χ1) is 15.7. The fourth-order valence-electron chi connectivity index (χ4n) is 3.96. The minimum absolute atomic E-state index is 0.104. The van der Waals surface area contributed by atoms with Gasteiger partial charge in [-0.3, -0.25) is 9.52 Å². The molecule has 1 saturated heterocycles. The van der Waals surface area contributed by atoms with Gasteiger partial charge in [0.1, 0.15) is 0 Å². The summed E-state index contributed by atoms with van der Waals surface area (Å²) in [4.78, 5) is 17.2. The molecule has 0 unspecified atom stereocenters. The van der Waals surface area contributed by atoms with E-state index >= 15 is 0 Å². The second-order valence-electron chi connectivity index (χ2n) is 8.21. The number of carbonyl (C=O) groups excluding carboxylic acids is 1. The lowest BCUT2D eigenvalue weighted by Crippen LogP contribution is -2.48. The number of rotatable bonds is 5. The van der Waals surface area contributed by atoms with Gasteiger partial charge in [-0.25, -0.2) is 8.42 Å². The number of hydrogen-bond acceptors (Lipinski definition) is 4. The van der Waals surface area contributed by atoms with E-state index in [1.807, 2.05) is 37.3 Å². The van der Waals surface area contributed by atoms with Crippen LogP contribution in [0.15, 0.2) is 71.6 Å². The maximum atomic E-state index is 13.2. The summed E-state index contributed by atoms with van der Waals surface area (Å²) in [6, 6.07) is 19.7. The third-order valence-electron chi connectivity index (χ3n) is 5.74. The van der Waals surface area contributed by atoms with Crippen LogP contribution < -0.4 is 9.62 Å². The molecule has 8 heteroatoms. The molecule has 0 aromatic heterocycles. The van der Waals surface area contributed by atoms with Crippen molar-refractivity contribution in [2.24, 2.45) is 0 Å².